The largest absolute Gasteiger partial charge is 0.459 e. The van der Waals surface area contributed by atoms with Crippen LogP contribution in [0, 0.1) is 0 Å². The van der Waals surface area contributed by atoms with Crippen molar-refractivity contribution < 1.29 is 62.0 Å². The average Bonchev–Trinajstić information content (AvgIpc) is 2.24. The molecule has 0 aromatic heterocycles. The van der Waals surface area contributed by atoms with Gasteiger partial charge in [-0.3, -0.25) is 4.55 Å². The summed E-state index contributed by atoms with van der Waals surface area (Å²) in [5.41, 5.74) is 0. The van der Waals surface area contributed by atoms with Crippen LogP contribution in [0.2, 0.25) is 0 Å². The van der Waals surface area contributed by atoms with Crippen LogP contribution in [-0.2, 0) is 19.6 Å². The van der Waals surface area contributed by atoms with Gasteiger partial charge < -0.3 is 9.47 Å². The van der Waals surface area contributed by atoms with Crippen LogP contribution in [0.25, 0.3) is 0 Å². The number of ether oxygens (including phenoxy) is 2. The molecule has 0 aliphatic carbocycles. The number of hydrogen-bond acceptors (Lipinski definition) is 4. The predicted molar refractivity (Wildman–Crippen MR) is 43.8 cm³/mol. The fourth-order valence-electron chi connectivity index (χ4n) is 0.608. The Hall–Kier alpha value is -1.22. The zero-order valence-corrected chi connectivity index (χ0v) is 9.91. The van der Waals surface area contributed by atoms with Gasteiger partial charge in [-0.05, 0) is 0 Å². The molecule has 0 unspecified atom stereocenters. The molecule has 0 bridgehead atoms. The lowest BCUT2D eigenvalue weighted by molar-refractivity contribution is -0.359. The molecule has 5 nitrogen and oxygen atoms in total. The molecule has 0 saturated heterocycles. The number of rotatable bonds is 7. The number of halogens is 9. The molecule has 0 atom stereocenters. The zero-order valence-electron chi connectivity index (χ0n) is 9.10. The van der Waals surface area contributed by atoms with E-state index < -0.39 is 46.3 Å². The minimum absolute atomic E-state index is 2.51. The van der Waals surface area contributed by atoms with Crippen LogP contribution in [0.4, 0.5) is 39.5 Å². The Morgan fingerprint density at radius 2 is 1.43 bits per heavy atom. The van der Waals surface area contributed by atoms with E-state index in [0.717, 1.165) is 0 Å². The van der Waals surface area contributed by atoms with E-state index in [0.29, 0.717) is 0 Å². The molecule has 0 radical (unpaired) electrons. The number of hydrogen-bond donors (Lipinski definition) is 1. The second kappa shape index (κ2) is 5.88. The quantitative estimate of drug-likeness (QED) is 0.430. The standard InChI is InChI=1S/C6H3F9O5S/c7-2(8)3(9)20-4(10,11)1-19-5(12,13)6(14,15)21(16,17)18/h1H2,(H,16,17,18). The molecule has 0 aliphatic heterocycles. The Balaban J connectivity index is 5.04. The summed E-state index contributed by atoms with van der Waals surface area (Å²) in [7, 11) is -6.76. The van der Waals surface area contributed by atoms with Gasteiger partial charge in [-0.15, -0.1) is 0 Å². The molecular weight excluding hydrogens is 355 g/mol. The van der Waals surface area contributed by atoms with Gasteiger partial charge in [0.2, 0.25) is 0 Å². The van der Waals surface area contributed by atoms with Crippen LogP contribution in [0.1, 0.15) is 0 Å². The van der Waals surface area contributed by atoms with Gasteiger partial charge in [0.05, 0.1) is 0 Å². The van der Waals surface area contributed by atoms with Crippen LogP contribution in [-0.4, -0.2) is 37.0 Å². The summed E-state index contributed by atoms with van der Waals surface area (Å²) in [4.78, 5) is 0. The molecule has 0 aromatic rings. The molecule has 1 N–H and O–H groups in total. The summed E-state index contributed by atoms with van der Waals surface area (Å²) in [6, 6.07) is -3.20. The number of alkyl halides is 6. The molecule has 126 valence electrons. The normalized spacial score (nSPS) is 14.0. The van der Waals surface area contributed by atoms with Crippen molar-refractivity contribution in [2.24, 2.45) is 0 Å². The maximum absolute atomic E-state index is 12.6. The SMILES string of the molecule is O=S(=O)(O)C(F)(F)C(F)(F)OCC(F)(F)OC(F)=C(F)F. The third-order valence-electron chi connectivity index (χ3n) is 1.47. The van der Waals surface area contributed by atoms with E-state index in [-0.39, 0.29) is 0 Å². The molecule has 0 amide bonds. The summed E-state index contributed by atoms with van der Waals surface area (Å²) < 4.78 is 143. The summed E-state index contributed by atoms with van der Waals surface area (Å²) in [5.74, 6) is 0. The second-order valence-electron chi connectivity index (χ2n) is 3.07. The van der Waals surface area contributed by atoms with Crippen molar-refractivity contribution in [2.75, 3.05) is 6.61 Å². The van der Waals surface area contributed by atoms with Gasteiger partial charge in [-0.25, -0.2) is 0 Å². The highest BCUT2D eigenvalue weighted by Crippen LogP contribution is 2.40. The Kier molecular flexibility index (Phi) is 5.54. The highest BCUT2D eigenvalue weighted by Gasteiger charge is 2.68. The lowest BCUT2D eigenvalue weighted by atomic mass is 10.6. The van der Waals surface area contributed by atoms with Crippen LogP contribution >= 0.6 is 0 Å². The Labute approximate surface area is 109 Å². The van der Waals surface area contributed by atoms with Gasteiger partial charge >= 0.3 is 39.7 Å². The molecule has 0 aromatic carbocycles. The molecule has 21 heavy (non-hydrogen) atoms. The van der Waals surface area contributed by atoms with Crippen LogP contribution in [0.5, 0.6) is 0 Å². The minimum Gasteiger partial charge on any atom is -0.401 e. The maximum Gasteiger partial charge on any atom is 0.459 e. The van der Waals surface area contributed by atoms with Crippen molar-refractivity contribution >= 4 is 10.1 Å². The van der Waals surface area contributed by atoms with Crippen molar-refractivity contribution in [1.29, 1.82) is 0 Å². The third kappa shape index (κ3) is 4.92. The van der Waals surface area contributed by atoms with Crippen LogP contribution in [0.15, 0.2) is 12.1 Å². The van der Waals surface area contributed by atoms with Gasteiger partial charge in [-0.1, -0.05) is 0 Å². The molecular formula is C6H3F9O5S. The Bertz CT molecular complexity index is 509. The average molecular weight is 358 g/mol. The van der Waals surface area contributed by atoms with E-state index in [1.807, 2.05) is 0 Å². The van der Waals surface area contributed by atoms with E-state index in [1.54, 1.807) is 0 Å². The smallest absolute Gasteiger partial charge is 0.401 e. The molecule has 0 spiro atoms. The molecule has 0 fully saturated rings. The van der Waals surface area contributed by atoms with Gasteiger partial charge in [0.1, 0.15) is 0 Å². The lowest BCUT2D eigenvalue weighted by Crippen LogP contribution is -2.50. The Morgan fingerprint density at radius 3 is 1.76 bits per heavy atom. The first kappa shape index (κ1) is 19.8. The van der Waals surface area contributed by atoms with Gasteiger partial charge in [0.15, 0.2) is 6.61 Å². The summed E-state index contributed by atoms with van der Waals surface area (Å²) in [6.07, 6.45) is -14.9. The molecule has 15 heteroatoms. The summed E-state index contributed by atoms with van der Waals surface area (Å²) in [6.45, 7) is -2.94. The first-order valence-electron chi connectivity index (χ1n) is 4.18. The molecule has 0 heterocycles. The second-order valence-corrected chi connectivity index (χ2v) is 4.53. The van der Waals surface area contributed by atoms with E-state index in [4.69, 9.17) is 4.55 Å². The fraction of sp³-hybridized carbons (Fsp3) is 0.667. The summed E-state index contributed by atoms with van der Waals surface area (Å²) >= 11 is 0. The first-order chi connectivity index (χ1) is 9.03. The Morgan fingerprint density at radius 1 is 1.00 bits per heavy atom. The van der Waals surface area contributed by atoms with Gasteiger partial charge in [0.25, 0.3) is 0 Å². The monoisotopic (exact) mass is 358 g/mol. The van der Waals surface area contributed by atoms with Crippen molar-refractivity contribution in [3.63, 3.8) is 0 Å². The van der Waals surface area contributed by atoms with E-state index >= 15 is 0 Å². The molecule has 0 aliphatic rings. The maximum atomic E-state index is 12.6. The predicted octanol–water partition coefficient (Wildman–Crippen LogP) is 2.72. The highest BCUT2D eigenvalue weighted by atomic mass is 32.2. The van der Waals surface area contributed by atoms with E-state index in [2.05, 4.69) is 9.47 Å². The van der Waals surface area contributed by atoms with E-state index in [1.165, 1.54) is 0 Å². The van der Waals surface area contributed by atoms with Gasteiger partial charge in [0, 0.05) is 0 Å². The first-order valence-corrected chi connectivity index (χ1v) is 5.62. The van der Waals surface area contributed by atoms with E-state index in [9.17, 15) is 47.9 Å². The molecule has 0 rings (SSSR count). The third-order valence-corrected chi connectivity index (χ3v) is 2.36. The topological polar surface area (TPSA) is 72.8 Å². The summed E-state index contributed by atoms with van der Waals surface area (Å²) in [5, 5.41) is -6.34. The van der Waals surface area contributed by atoms with Crippen molar-refractivity contribution in [1.82, 2.24) is 0 Å². The van der Waals surface area contributed by atoms with Gasteiger partial charge in [-0.2, -0.15) is 47.9 Å². The fourth-order valence-corrected chi connectivity index (χ4v) is 0.967. The van der Waals surface area contributed by atoms with Crippen molar-refractivity contribution in [2.45, 2.75) is 17.5 Å². The highest BCUT2D eigenvalue weighted by molar-refractivity contribution is 7.86. The van der Waals surface area contributed by atoms with Crippen LogP contribution < -0.4 is 0 Å². The zero-order chi connectivity index (χ0) is 17.3. The minimum atomic E-state index is -6.76. The van der Waals surface area contributed by atoms with Crippen molar-refractivity contribution in [3.05, 3.63) is 12.1 Å². The van der Waals surface area contributed by atoms with Crippen molar-refractivity contribution in [3.8, 4) is 0 Å². The lowest BCUT2D eigenvalue weighted by Gasteiger charge is -2.25. The molecule has 0 saturated carbocycles. The van der Waals surface area contributed by atoms with Crippen LogP contribution in [0.3, 0.4) is 0 Å².